The lowest BCUT2D eigenvalue weighted by Gasteiger charge is -2.30. The third kappa shape index (κ3) is 5.43. The van der Waals surface area contributed by atoms with Gasteiger partial charge < -0.3 is 14.4 Å². The van der Waals surface area contributed by atoms with Crippen molar-refractivity contribution in [1.82, 2.24) is 14.3 Å². The summed E-state index contributed by atoms with van der Waals surface area (Å²) in [6, 6.07) is 16.1. The first-order valence-electron chi connectivity index (χ1n) is 13.4. The predicted octanol–water partition coefficient (Wildman–Crippen LogP) is 3.33. The first kappa shape index (κ1) is 26.4. The number of hydrogen-bond acceptors (Lipinski definition) is 9. The Morgan fingerprint density at radius 1 is 1.00 bits per heavy atom. The Morgan fingerprint density at radius 2 is 1.73 bits per heavy atom. The Bertz CT molecular complexity index is 1590. The molecule has 0 spiro atoms. The van der Waals surface area contributed by atoms with Crippen LogP contribution in [0.5, 0.6) is 5.75 Å². The summed E-state index contributed by atoms with van der Waals surface area (Å²) in [5.41, 5.74) is 6.58. The minimum atomic E-state index is -3.21. The quantitative estimate of drug-likeness (QED) is 0.452. The van der Waals surface area contributed by atoms with Gasteiger partial charge in [-0.2, -0.15) is 5.26 Å². The van der Waals surface area contributed by atoms with Crippen LogP contribution in [0.2, 0.25) is 0 Å². The molecule has 206 valence electrons. The van der Waals surface area contributed by atoms with Gasteiger partial charge in [-0.15, -0.1) is 0 Å². The van der Waals surface area contributed by atoms with Gasteiger partial charge >= 0.3 is 0 Å². The van der Waals surface area contributed by atoms with Crippen LogP contribution < -0.4 is 9.64 Å². The number of piperidine rings is 1. The number of fused-ring (bicyclic) bond motifs is 1. The number of anilines is 1. The molecule has 0 aliphatic carbocycles. The van der Waals surface area contributed by atoms with Gasteiger partial charge in [-0.25, -0.2) is 27.7 Å². The van der Waals surface area contributed by atoms with E-state index >= 15 is 0 Å². The first-order valence-corrected chi connectivity index (χ1v) is 15.2. The van der Waals surface area contributed by atoms with Crippen molar-refractivity contribution in [2.75, 3.05) is 50.5 Å². The molecule has 6 rings (SSSR count). The van der Waals surface area contributed by atoms with Gasteiger partial charge in [0.2, 0.25) is 10.0 Å². The van der Waals surface area contributed by atoms with E-state index in [1.165, 1.54) is 16.2 Å². The van der Waals surface area contributed by atoms with E-state index < -0.39 is 10.0 Å². The predicted molar refractivity (Wildman–Crippen MR) is 152 cm³/mol. The molecule has 3 aliphatic heterocycles. The fraction of sp³-hybridized carbons (Fsp3) is 0.379. The lowest BCUT2D eigenvalue weighted by molar-refractivity contribution is 0.122. The lowest BCUT2D eigenvalue weighted by atomic mass is 10.0. The molecule has 0 atom stereocenters. The van der Waals surface area contributed by atoms with Gasteiger partial charge in [-0.1, -0.05) is 12.1 Å². The second-order valence-electron chi connectivity index (χ2n) is 10.2. The number of morpholine rings is 1. The average molecular weight is 559 g/mol. The van der Waals surface area contributed by atoms with Crippen molar-refractivity contribution in [1.29, 1.82) is 5.26 Å². The van der Waals surface area contributed by atoms with Gasteiger partial charge in [0.05, 0.1) is 42.1 Å². The second kappa shape index (κ2) is 11.0. The Labute approximate surface area is 234 Å². The van der Waals surface area contributed by atoms with Crippen LogP contribution in [0.25, 0.3) is 11.3 Å². The summed E-state index contributed by atoms with van der Waals surface area (Å²) >= 11 is 0. The molecular formula is C29H30N6O4S. The van der Waals surface area contributed by atoms with Crippen molar-refractivity contribution in [2.24, 2.45) is 4.99 Å². The molecular weight excluding hydrogens is 528 g/mol. The molecule has 2 fully saturated rings. The number of sulfonamides is 1. The van der Waals surface area contributed by atoms with Gasteiger partial charge in [-0.05, 0) is 48.7 Å². The van der Waals surface area contributed by atoms with Crippen LogP contribution in [-0.4, -0.2) is 80.2 Å². The third-order valence-electron chi connectivity index (χ3n) is 7.59. The SMILES string of the molecule is CS(=O)(=O)N1CCC(Oc2ccc(-c3ncnc4c3N=C(c3ccc(N5CCOCC5)cc3)C4)cc2C#N)CC1. The molecule has 0 N–H and O–H groups in total. The zero-order valence-corrected chi connectivity index (χ0v) is 23.1. The fourth-order valence-electron chi connectivity index (χ4n) is 5.39. The number of aromatic nitrogens is 2. The van der Waals surface area contributed by atoms with Crippen LogP contribution in [-0.2, 0) is 21.2 Å². The number of benzene rings is 2. The smallest absolute Gasteiger partial charge is 0.211 e. The molecule has 2 aromatic carbocycles. The van der Waals surface area contributed by atoms with E-state index in [0.717, 1.165) is 54.5 Å². The highest BCUT2D eigenvalue weighted by molar-refractivity contribution is 7.88. The molecule has 11 heteroatoms. The monoisotopic (exact) mass is 558 g/mol. The van der Waals surface area contributed by atoms with Gasteiger partial charge in [0.1, 0.15) is 29.9 Å². The zero-order chi connectivity index (χ0) is 27.7. The maximum Gasteiger partial charge on any atom is 0.211 e. The fourth-order valence-corrected chi connectivity index (χ4v) is 6.26. The molecule has 3 aliphatic rings. The highest BCUT2D eigenvalue weighted by atomic mass is 32.2. The summed E-state index contributed by atoms with van der Waals surface area (Å²) in [5, 5.41) is 9.88. The van der Waals surface area contributed by atoms with E-state index in [1.54, 1.807) is 18.5 Å². The molecule has 0 unspecified atom stereocenters. The number of nitrogens with zero attached hydrogens (tertiary/aromatic N) is 6. The number of nitriles is 1. The number of ether oxygens (including phenoxy) is 2. The van der Waals surface area contributed by atoms with Crippen molar-refractivity contribution in [3.05, 3.63) is 65.6 Å². The topological polar surface area (TPSA) is 121 Å². The van der Waals surface area contributed by atoms with Crippen molar-refractivity contribution in [2.45, 2.75) is 25.4 Å². The maximum atomic E-state index is 11.8. The van der Waals surface area contributed by atoms with Gasteiger partial charge in [0.15, 0.2) is 0 Å². The summed E-state index contributed by atoms with van der Waals surface area (Å²) in [5.74, 6) is 0.485. The van der Waals surface area contributed by atoms with Crippen LogP contribution >= 0.6 is 0 Å². The molecule has 3 aromatic rings. The molecule has 2 saturated heterocycles. The molecule has 0 bridgehead atoms. The van der Waals surface area contributed by atoms with Crippen molar-refractivity contribution >= 4 is 27.1 Å². The maximum absolute atomic E-state index is 11.8. The lowest BCUT2D eigenvalue weighted by Crippen LogP contribution is -2.41. The molecule has 0 amide bonds. The first-order chi connectivity index (χ1) is 19.4. The molecule has 4 heterocycles. The van der Waals surface area contributed by atoms with Crippen LogP contribution in [0, 0.1) is 11.3 Å². The van der Waals surface area contributed by atoms with Crippen LogP contribution in [0.3, 0.4) is 0 Å². The molecule has 1 aromatic heterocycles. The summed E-state index contributed by atoms with van der Waals surface area (Å²) in [7, 11) is -3.21. The van der Waals surface area contributed by atoms with Crippen molar-refractivity contribution < 1.29 is 17.9 Å². The average Bonchev–Trinajstić information content (AvgIpc) is 3.42. The van der Waals surface area contributed by atoms with Gasteiger partial charge in [0.25, 0.3) is 0 Å². The van der Waals surface area contributed by atoms with E-state index in [0.29, 0.717) is 49.4 Å². The molecule has 0 radical (unpaired) electrons. The largest absolute Gasteiger partial charge is 0.489 e. The van der Waals surface area contributed by atoms with Crippen molar-refractivity contribution in [3.8, 4) is 23.1 Å². The van der Waals surface area contributed by atoms with E-state index in [9.17, 15) is 13.7 Å². The number of rotatable bonds is 6. The minimum absolute atomic E-state index is 0.152. The van der Waals surface area contributed by atoms with Gasteiger partial charge in [0, 0.05) is 43.9 Å². The van der Waals surface area contributed by atoms with E-state index in [1.807, 2.05) is 6.07 Å². The summed E-state index contributed by atoms with van der Waals surface area (Å²) < 4.78 is 36.6. The summed E-state index contributed by atoms with van der Waals surface area (Å²) in [4.78, 5) is 16.3. The number of hydrogen-bond donors (Lipinski definition) is 0. The summed E-state index contributed by atoms with van der Waals surface area (Å²) in [6.07, 6.45) is 4.37. The van der Waals surface area contributed by atoms with Crippen molar-refractivity contribution in [3.63, 3.8) is 0 Å². The molecule has 10 nitrogen and oxygen atoms in total. The summed E-state index contributed by atoms with van der Waals surface area (Å²) in [6.45, 7) is 4.09. The standard InChI is InChI=1S/C29H30N6O4S/c1-40(36,37)35-10-8-24(9-11-35)39-27-7-4-21(16-22(27)18-30)28-29-26(31-19-32-28)17-25(33-29)20-2-5-23(6-3-20)34-12-14-38-15-13-34/h2-7,16,19,24H,8-15,17H2,1H3. The van der Waals surface area contributed by atoms with E-state index in [2.05, 4.69) is 45.2 Å². The minimum Gasteiger partial charge on any atom is -0.489 e. The van der Waals surface area contributed by atoms with Crippen LogP contribution in [0.4, 0.5) is 11.4 Å². The normalized spacial score (nSPS) is 18.2. The zero-order valence-electron chi connectivity index (χ0n) is 22.3. The van der Waals surface area contributed by atoms with Crippen LogP contribution in [0.1, 0.15) is 29.7 Å². The van der Waals surface area contributed by atoms with E-state index in [-0.39, 0.29) is 6.10 Å². The number of aliphatic imine (C=N–C) groups is 1. The Kier molecular flexibility index (Phi) is 7.23. The van der Waals surface area contributed by atoms with E-state index in [4.69, 9.17) is 14.5 Å². The Balaban J connectivity index is 1.20. The Morgan fingerprint density at radius 3 is 2.42 bits per heavy atom. The molecule has 0 saturated carbocycles. The van der Waals surface area contributed by atoms with Gasteiger partial charge in [-0.3, -0.25) is 0 Å². The Hall–Kier alpha value is -3.85. The highest BCUT2D eigenvalue weighted by Crippen LogP contribution is 2.37. The third-order valence-corrected chi connectivity index (χ3v) is 8.90. The second-order valence-corrected chi connectivity index (χ2v) is 12.2. The highest BCUT2D eigenvalue weighted by Gasteiger charge is 2.27. The van der Waals surface area contributed by atoms with Crippen LogP contribution in [0.15, 0.2) is 53.8 Å². The molecule has 40 heavy (non-hydrogen) atoms.